The van der Waals surface area contributed by atoms with E-state index < -0.39 is 23.6 Å². The van der Waals surface area contributed by atoms with Gasteiger partial charge in [-0.1, -0.05) is 37.3 Å². The van der Waals surface area contributed by atoms with Gasteiger partial charge < -0.3 is 19.7 Å². The Kier molecular flexibility index (Phi) is 10.0. The van der Waals surface area contributed by atoms with Gasteiger partial charge in [-0.3, -0.25) is 4.79 Å². The number of hydrogen-bond donors (Lipinski definition) is 2. The monoisotopic (exact) mass is 458 g/mol. The number of esters is 1. The van der Waals surface area contributed by atoms with E-state index in [-0.39, 0.29) is 36.9 Å². The minimum absolute atomic E-state index is 0.0392. The summed E-state index contributed by atoms with van der Waals surface area (Å²) in [7, 11) is 0. The summed E-state index contributed by atoms with van der Waals surface area (Å²) in [6, 6.07) is 0. The van der Waals surface area contributed by atoms with Crippen molar-refractivity contribution in [3.8, 4) is 23.7 Å². The molecule has 2 aliphatic carbocycles. The Labute approximate surface area is 198 Å². The molecule has 2 saturated carbocycles. The van der Waals surface area contributed by atoms with Crippen molar-refractivity contribution < 1.29 is 29.3 Å². The molecule has 6 nitrogen and oxygen atoms in total. The highest BCUT2D eigenvalue weighted by Crippen LogP contribution is 2.49. The number of ether oxygens (including phenoxy) is 2. The van der Waals surface area contributed by atoms with Crippen LogP contribution in [0.1, 0.15) is 66.7 Å². The van der Waals surface area contributed by atoms with Crippen LogP contribution in [0, 0.1) is 52.8 Å². The molecule has 6 atom stereocenters. The number of carbonyl (C=O) groups is 2. The molecule has 2 rings (SSSR count). The first-order valence-electron chi connectivity index (χ1n) is 11.9. The first-order chi connectivity index (χ1) is 15.5. The zero-order chi connectivity index (χ0) is 24.6. The molecular weight excluding hydrogens is 420 g/mol. The maximum Gasteiger partial charge on any atom is 0.329 e. The number of allylic oxidation sites excluding steroid dienone is 1. The molecule has 2 N–H and O–H groups in total. The quantitative estimate of drug-likeness (QED) is 0.261. The van der Waals surface area contributed by atoms with E-state index in [0.29, 0.717) is 18.8 Å². The average Bonchev–Trinajstić information content (AvgIpc) is 3.24. The molecule has 0 bridgehead atoms. The van der Waals surface area contributed by atoms with Crippen LogP contribution in [0.5, 0.6) is 0 Å². The highest BCUT2D eigenvalue weighted by atomic mass is 16.5. The molecule has 0 amide bonds. The van der Waals surface area contributed by atoms with E-state index in [2.05, 4.69) is 23.7 Å². The number of carboxylic acid groups (broad SMARTS) is 1. The average molecular weight is 459 g/mol. The fourth-order valence-corrected chi connectivity index (χ4v) is 4.38. The predicted octanol–water partition coefficient (Wildman–Crippen LogP) is 3.82. The summed E-state index contributed by atoms with van der Waals surface area (Å²) in [5, 5.41) is 19.3. The summed E-state index contributed by atoms with van der Waals surface area (Å²) in [4.78, 5) is 23.1. The Bertz CT molecular complexity index is 844. The number of carboxylic acids is 1. The summed E-state index contributed by atoms with van der Waals surface area (Å²) < 4.78 is 10.9. The lowest BCUT2D eigenvalue weighted by Crippen LogP contribution is -2.31. The SMILES string of the molecule is CCC#CC[C@H](C)[C@@H](C#C[C@@H]1[C@H]2CC(=CCOCC(=O)O)C[C@H]2C[C@H]1O)OC(=O)C(C)(C)C. The third-order valence-electron chi connectivity index (χ3n) is 6.24. The van der Waals surface area contributed by atoms with Gasteiger partial charge in [-0.25, -0.2) is 4.79 Å². The van der Waals surface area contributed by atoms with E-state index in [1.165, 1.54) is 5.57 Å². The van der Waals surface area contributed by atoms with Gasteiger partial charge in [0.1, 0.15) is 6.61 Å². The molecule has 0 radical (unpaired) electrons. The van der Waals surface area contributed by atoms with E-state index in [1.54, 1.807) is 0 Å². The number of hydrogen-bond acceptors (Lipinski definition) is 5. The van der Waals surface area contributed by atoms with Crippen LogP contribution in [0.15, 0.2) is 11.6 Å². The van der Waals surface area contributed by atoms with Crippen molar-refractivity contribution in [1.29, 1.82) is 0 Å². The number of rotatable bonds is 7. The second-order valence-electron chi connectivity index (χ2n) is 10.2. The maximum atomic E-state index is 12.5. The van der Waals surface area contributed by atoms with Crippen molar-refractivity contribution in [2.24, 2.45) is 29.1 Å². The molecular formula is C27H38O6. The molecule has 0 aromatic carbocycles. The normalized spacial score (nSPS) is 27.0. The van der Waals surface area contributed by atoms with Gasteiger partial charge in [-0.05, 0) is 51.9 Å². The van der Waals surface area contributed by atoms with Gasteiger partial charge in [0.25, 0.3) is 0 Å². The standard InChI is InChI=1S/C27H38O6/c1-6-7-8-9-18(2)24(33-26(31)27(3,4)5)11-10-21-22-15-19(12-13-32-17-25(29)30)14-20(22)16-23(21)28/h12,18,20-24,28H,6,9,13-17H2,1-5H3,(H,29,30)/t18-,20-,21+,22-,23+,24+/m0/s1. The van der Waals surface area contributed by atoms with Crippen LogP contribution in [-0.4, -0.2) is 47.6 Å². The van der Waals surface area contributed by atoms with E-state index in [0.717, 1.165) is 19.3 Å². The molecule has 0 aromatic rings. The van der Waals surface area contributed by atoms with Gasteiger partial charge >= 0.3 is 11.9 Å². The predicted molar refractivity (Wildman–Crippen MR) is 126 cm³/mol. The fraction of sp³-hybridized carbons (Fsp3) is 0.704. The number of carbonyl (C=O) groups excluding carboxylic acids is 1. The minimum Gasteiger partial charge on any atom is -0.480 e. The third-order valence-corrected chi connectivity index (χ3v) is 6.24. The Balaban J connectivity index is 2.11. The van der Waals surface area contributed by atoms with Crippen molar-refractivity contribution >= 4 is 11.9 Å². The van der Waals surface area contributed by atoms with Gasteiger partial charge in [0.15, 0.2) is 6.10 Å². The summed E-state index contributed by atoms with van der Waals surface area (Å²) in [6.45, 7) is 9.41. The van der Waals surface area contributed by atoms with E-state index in [4.69, 9.17) is 14.6 Å². The van der Waals surface area contributed by atoms with Crippen LogP contribution in [0.2, 0.25) is 0 Å². The van der Waals surface area contributed by atoms with E-state index in [9.17, 15) is 14.7 Å². The molecule has 0 unspecified atom stereocenters. The first-order valence-corrected chi connectivity index (χ1v) is 11.9. The molecule has 2 fully saturated rings. The van der Waals surface area contributed by atoms with Crippen molar-refractivity contribution in [3.05, 3.63) is 11.6 Å². The molecule has 0 saturated heterocycles. The van der Waals surface area contributed by atoms with Crippen LogP contribution in [0.25, 0.3) is 0 Å². The van der Waals surface area contributed by atoms with E-state index >= 15 is 0 Å². The number of aliphatic hydroxyl groups is 1. The zero-order valence-electron chi connectivity index (χ0n) is 20.5. The summed E-state index contributed by atoms with van der Waals surface area (Å²) >= 11 is 0. The molecule has 0 aromatic heterocycles. The highest BCUT2D eigenvalue weighted by molar-refractivity contribution is 5.75. The summed E-state index contributed by atoms with van der Waals surface area (Å²) in [6.07, 6.45) is 4.65. The second-order valence-corrected chi connectivity index (χ2v) is 10.2. The molecule has 0 heterocycles. The lowest BCUT2D eigenvalue weighted by Gasteiger charge is -2.24. The maximum absolute atomic E-state index is 12.5. The van der Waals surface area contributed by atoms with E-state index in [1.807, 2.05) is 40.7 Å². The largest absolute Gasteiger partial charge is 0.480 e. The molecule has 0 spiro atoms. The first kappa shape index (κ1) is 27.0. The van der Waals surface area contributed by atoms with Crippen molar-refractivity contribution in [1.82, 2.24) is 0 Å². The van der Waals surface area contributed by atoms with Gasteiger partial charge in [-0.15, -0.1) is 11.8 Å². The molecule has 0 aliphatic heterocycles. The smallest absolute Gasteiger partial charge is 0.329 e. The molecule has 2 aliphatic rings. The topological polar surface area (TPSA) is 93.1 Å². The van der Waals surface area contributed by atoms with Gasteiger partial charge in [-0.2, -0.15) is 0 Å². The highest BCUT2D eigenvalue weighted by Gasteiger charge is 2.45. The van der Waals surface area contributed by atoms with Crippen LogP contribution >= 0.6 is 0 Å². The van der Waals surface area contributed by atoms with Gasteiger partial charge in [0, 0.05) is 24.7 Å². The van der Waals surface area contributed by atoms with Crippen molar-refractivity contribution in [2.45, 2.75) is 78.9 Å². The molecule has 6 heteroatoms. The van der Waals surface area contributed by atoms with Gasteiger partial charge in [0.05, 0.1) is 18.1 Å². The van der Waals surface area contributed by atoms with Gasteiger partial charge in [0.2, 0.25) is 0 Å². The van der Waals surface area contributed by atoms with Crippen LogP contribution < -0.4 is 0 Å². The zero-order valence-corrected chi connectivity index (χ0v) is 20.5. The number of aliphatic hydroxyl groups excluding tert-OH is 1. The second kappa shape index (κ2) is 12.3. The molecule has 182 valence electrons. The lowest BCUT2D eigenvalue weighted by atomic mass is 9.90. The van der Waals surface area contributed by atoms with Crippen LogP contribution in [0.3, 0.4) is 0 Å². The number of aliphatic carboxylic acids is 1. The summed E-state index contributed by atoms with van der Waals surface area (Å²) in [5.41, 5.74) is 0.605. The van der Waals surface area contributed by atoms with Crippen molar-refractivity contribution in [3.63, 3.8) is 0 Å². The van der Waals surface area contributed by atoms with Crippen LogP contribution in [-0.2, 0) is 19.1 Å². The Morgan fingerprint density at radius 3 is 2.61 bits per heavy atom. The Hall–Kier alpha value is -2.28. The summed E-state index contributed by atoms with van der Waals surface area (Å²) in [5.74, 6) is 11.7. The Morgan fingerprint density at radius 1 is 1.24 bits per heavy atom. The van der Waals surface area contributed by atoms with Crippen LogP contribution in [0.4, 0.5) is 0 Å². The Morgan fingerprint density at radius 2 is 1.97 bits per heavy atom. The minimum atomic E-state index is -0.980. The van der Waals surface area contributed by atoms with Crippen molar-refractivity contribution in [2.75, 3.05) is 13.2 Å². The third kappa shape index (κ3) is 8.22. The number of fused-ring (bicyclic) bond motifs is 1. The fourth-order valence-electron chi connectivity index (χ4n) is 4.38. The lowest BCUT2D eigenvalue weighted by molar-refractivity contribution is -0.157. The molecule has 33 heavy (non-hydrogen) atoms.